The maximum atomic E-state index is 13.5. The fraction of sp³-hybridized carbons (Fsp3) is 0.562. The number of ether oxygens (including phenoxy) is 2. The van der Waals surface area contributed by atoms with Crippen LogP contribution in [-0.4, -0.2) is 42.9 Å². The smallest absolute Gasteiger partial charge is 0.338 e. The van der Waals surface area contributed by atoms with E-state index in [4.69, 9.17) is 9.47 Å². The number of carbonyl (C=O) groups excluding carboxylic acids is 1. The summed E-state index contributed by atoms with van der Waals surface area (Å²) in [5.41, 5.74) is 3.72. The van der Waals surface area contributed by atoms with Crippen molar-refractivity contribution in [1.82, 2.24) is 19.6 Å². The number of hydrogen-bond donors (Lipinski definition) is 1. The summed E-state index contributed by atoms with van der Waals surface area (Å²) < 4.78 is 14.0. The molecule has 1 fully saturated rings. The summed E-state index contributed by atoms with van der Waals surface area (Å²) in [6.45, 7) is 8.90. The highest BCUT2D eigenvalue weighted by Crippen LogP contribution is 2.46. The molecule has 8 nitrogen and oxygen atoms in total. The number of hydrogen-bond acceptors (Lipinski definition) is 7. The van der Waals surface area contributed by atoms with Crippen molar-refractivity contribution in [1.29, 1.82) is 0 Å². The number of nitrogens with zero attached hydrogens (tertiary/aromatic N) is 4. The van der Waals surface area contributed by atoms with Gasteiger partial charge in [-0.05, 0) is 81.5 Å². The van der Waals surface area contributed by atoms with Crippen molar-refractivity contribution in [3.8, 4) is 5.75 Å². The zero-order valence-electron chi connectivity index (χ0n) is 24.3. The molecule has 2 aliphatic rings. The van der Waals surface area contributed by atoms with Crippen molar-refractivity contribution < 1.29 is 19.4 Å². The van der Waals surface area contributed by atoms with Gasteiger partial charge >= 0.3 is 5.97 Å². The van der Waals surface area contributed by atoms with Gasteiger partial charge in [-0.25, -0.2) is 14.3 Å². The van der Waals surface area contributed by atoms with E-state index in [1.54, 1.807) is 4.52 Å². The van der Waals surface area contributed by atoms with Crippen LogP contribution < -0.4 is 4.74 Å². The molecule has 8 heteroatoms. The normalized spacial score (nSPS) is 19.9. The van der Waals surface area contributed by atoms with Crippen LogP contribution in [0, 0.1) is 19.8 Å². The van der Waals surface area contributed by atoms with Crippen molar-refractivity contribution in [2.24, 2.45) is 5.92 Å². The van der Waals surface area contributed by atoms with Crippen LogP contribution in [0.4, 0.5) is 0 Å². The van der Waals surface area contributed by atoms with E-state index in [9.17, 15) is 9.90 Å². The average Bonchev–Trinajstić information content (AvgIpc) is 3.61. The van der Waals surface area contributed by atoms with Crippen LogP contribution in [-0.2, 0) is 28.8 Å². The highest BCUT2D eigenvalue weighted by molar-refractivity contribution is 5.90. The van der Waals surface area contributed by atoms with Crippen molar-refractivity contribution in [3.63, 3.8) is 0 Å². The van der Waals surface area contributed by atoms with Gasteiger partial charge in [0.1, 0.15) is 17.1 Å². The highest BCUT2D eigenvalue weighted by atomic mass is 16.6. The summed E-state index contributed by atoms with van der Waals surface area (Å²) >= 11 is 0. The number of esters is 1. The van der Waals surface area contributed by atoms with Crippen molar-refractivity contribution in [3.05, 3.63) is 63.9 Å². The molecule has 3 heterocycles. The lowest BCUT2D eigenvalue weighted by atomic mass is 9.76. The second-order valence-corrected chi connectivity index (χ2v) is 11.5. The van der Waals surface area contributed by atoms with Gasteiger partial charge in [-0.15, -0.1) is 5.10 Å². The molecule has 0 spiro atoms. The van der Waals surface area contributed by atoms with E-state index in [2.05, 4.69) is 47.1 Å². The van der Waals surface area contributed by atoms with Crippen LogP contribution in [0.15, 0.2) is 35.6 Å². The molecule has 40 heavy (non-hydrogen) atoms. The molecule has 1 aliphatic heterocycles. The Morgan fingerprint density at radius 1 is 1.15 bits per heavy atom. The first-order valence-corrected chi connectivity index (χ1v) is 14.9. The molecule has 1 N–H and O–H groups in total. The zero-order chi connectivity index (χ0) is 28.3. The first kappa shape index (κ1) is 28.1. The molecule has 214 valence electrons. The summed E-state index contributed by atoms with van der Waals surface area (Å²) in [4.78, 5) is 22.4. The van der Waals surface area contributed by atoms with Crippen LogP contribution in [0.3, 0.4) is 0 Å². The number of aryl methyl sites for hydroxylation is 4. The molecule has 0 saturated heterocycles. The van der Waals surface area contributed by atoms with Gasteiger partial charge in [0.2, 0.25) is 0 Å². The Morgan fingerprint density at radius 3 is 2.67 bits per heavy atom. The Labute approximate surface area is 236 Å². The van der Waals surface area contributed by atoms with Gasteiger partial charge in [-0.3, -0.25) is 0 Å². The first-order valence-electron chi connectivity index (χ1n) is 14.9. The first-order chi connectivity index (χ1) is 19.3. The monoisotopic (exact) mass is 546 g/mol. The van der Waals surface area contributed by atoms with E-state index >= 15 is 0 Å². The number of unbranched alkanes of at least 4 members (excludes halogenated alkanes) is 1. The van der Waals surface area contributed by atoms with E-state index in [1.165, 1.54) is 11.1 Å². The molecule has 1 aliphatic carbocycles. The van der Waals surface area contributed by atoms with Gasteiger partial charge < -0.3 is 14.6 Å². The standard InChI is InChI=1S/C32H42N4O4/c1-5-7-16-39-28-13-12-23(18-24(28)6-2)14-15-32(25-10-8-9-11-25)20-27(37)26(30(38)40-32)19-29-34-31-33-21(3)17-22(4)36(31)35-29/h12-13,17-18,25,37H,5-11,14-16,19-20H2,1-4H3. The number of aromatic nitrogens is 4. The molecule has 2 aromatic heterocycles. The third kappa shape index (κ3) is 5.86. The summed E-state index contributed by atoms with van der Waals surface area (Å²) in [6, 6.07) is 8.36. The Hall–Kier alpha value is -3.42. The molecule has 1 unspecified atom stereocenters. The minimum atomic E-state index is -0.703. The largest absolute Gasteiger partial charge is 0.512 e. The van der Waals surface area contributed by atoms with Crippen molar-refractivity contribution in [2.45, 2.75) is 104 Å². The van der Waals surface area contributed by atoms with Crippen molar-refractivity contribution >= 4 is 11.7 Å². The number of carbonyl (C=O) groups is 1. The van der Waals surface area contributed by atoms with Crippen LogP contribution >= 0.6 is 0 Å². The van der Waals surface area contributed by atoms with E-state index < -0.39 is 11.6 Å². The maximum absolute atomic E-state index is 13.5. The Kier molecular flexibility index (Phi) is 8.43. The van der Waals surface area contributed by atoms with Gasteiger partial charge in [-0.2, -0.15) is 4.98 Å². The van der Waals surface area contributed by atoms with Crippen LogP contribution in [0.2, 0.25) is 0 Å². The number of fused-ring (bicyclic) bond motifs is 1. The van der Waals surface area contributed by atoms with Crippen molar-refractivity contribution in [2.75, 3.05) is 6.61 Å². The third-order valence-electron chi connectivity index (χ3n) is 8.55. The fourth-order valence-corrected chi connectivity index (χ4v) is 6.32. The number of aliphatic hydroxyl groups is 1. The number of rotatable bonds is 11. The lowest BCUT2D eigenvalue weighted by Crippen LogP contribution is -2.46. The predicted octanol–water partition coefficient (Wildman–Crippen LogP) is 6.35. The summed E-state index contributed by atoms with van der Waals surface area (Å²) in [7, 11) is 0. The molecule has 3 aromatic rings. The molecular formula is C32H42N4O4. The summed E-state index contributed by atoms with van der Waals surface area (Å²) in [5, 5.41) is 15.8. The van der Waals surface area contributed by atoms with Crippen LogP contribution in [0.1, 0.15) is 93.6 Å². The van der Waals surface area contributed by atoms with E-state index in [-0.39, 0.29) is 23.7 Å². The SMILES string of the molecule is CCCCOc1ccc(CCC2(C3CCCC3)CC(O)=C(Cc3nc4nc(C)cc(C)n4n3)C(=O)O2)cc1CC. The second kappa shape index (κ2) is 12.0. The maximum Gasteiger partial charge on any atom is 0.338 e. The van der Waals surface area contributed by atoms with Gasteiger partial charge in [0.25, 0.3) is 5.78 Å². The van der Waals surface area contributed by atoms with Gasteiger partial charge in [-0.1, -0.05) is 45.2 Å². The average molecular weight is 547 g/mol. The topological polar surface area (TPSA) is 98.8 Å². The molecule has 1 aromatic carbocycles. The third-order valence-corrected chi connectivity index (χ3v) is 8.55. The predicted molar refractivity (Wildman–Crippen MR) is 154 cm³/mol. The minimum Gasteiger partial charge on any atom is -0.512 e. The summed E-state index contributed by atoms with van der Waals surface area (Å²) in [6.07, 6.45) is 9.23. The number of benzene rings is 1. The molecule has 0 amide bonds. The quantitative estimate of drug-likeness (QED) is 0.221. The molecule has 0 bridgehead atoms. The van der Waals surface area contributed by atoms with Gasteiger partial charge in [0.05, 0.1) is 12.2 Å². The number of aliphatic hydroxyl groups excluding tert-OH is 1. The van der Waals surface area contributed by atoms with Gasteiger partial charge in [0, 0.05) is 24.2 Å². The van der Waals surface area contributed by atoms with E-state index in [0.717, 1.165) is 75.1 Å². The Balaban J connectivity index is 1.36. The lowest BCUT2D eigenvalue weighted by molar-refractivity contribution is -0.167. The van der Waals surface area contributed by atoms with Crippen LogP contribution in [0.5, 0.6) is 5.75 Å². The van der Waals surface area contributed by atoms with E-state index in [1.807, 2.05) is 19.9 Å². The van der Waals surface area contributed by atoms with Crippen LogP contribution in [0.25, 0.3) is 5.78 Å². The molecular weight excluding hydrogens is 504 g/mol. The second-order valence-electron chi connectivity index (χ2n) is 11.5. The molecule has 5 rings (SSSR count). The van der Waals surface area contributed by atoms with Gasteiger partial charge in [0.15, 0.2) is 5.82 Å². The number of cyclic esters (lactones) is 1. The molecule has 1 saturated carbocycles. The molecule has 1 atom stereocenters. The Bertz CT molecular complexity index is 1410. The highest BCUT2D eigenvalue weighted by Gasteiger charge is 2.48. The lowest BCUT2D eigenvalue weighted by Gasteiger charge is -2.41. The molecule has 0 radical (unpaired) electrons. The Morgan fingerprint density at radius 2 is 1.95 bits per heavy atom. The fourth-order valence-electron chi connectivity index (χ4n) is 6.32. The zero-order valence-corrected chi connectivity index (χ0v) is 24.3. The van der Waals surface area contributed by atoms with E-state index in [0.29, 0.717) is 24.4 Å². The summed E-state index contributed by atoms with van der Waals surface area (Å²) in [5.74, 6) is 1.79. The minimum absolute atomic E-state index is 0.108.